The van der Waals surface area contributed by atoms with Crippen molar-refractivity contribution in [3.05, 3.63) is 35.6 Å². The summed E-state index contributed by atoms with van der Waals surface area (Å²) in [5.74, 6) is 1.31. The second-order valence-corrected chi connectivity index (χ2v) is 6.94. The van der Waals surface area contributed by atoms with Gasteiger partial charge in [-0.25, -0.2) is 4.39 Å². The molecule has 112 valence electrons. The molecule has 0 aromatic heterocycles. The lowest BCUT2D eigenvalue weighted by Crippen LogP contribution is -2.47. The number of nitrogens with two attached hydrogens (primary N) is 1. The van der Waals surface area contributed by atoms with Gasteiger partial charge >= 0.3 is 0 Å². The summed E-state index contributed by atoms with van der Waals surface area (Å²) in [4.78, 5) is 0. The van der Waals surface area contributed by atoms with Gasteiger partial charge in [-0.3, -0.25) is 0 Å². The Morgan fingerprint density at radius 2 is 1.70 bits per heavy atom. The zero-order valence-electron chi connectivity index (χ0n) is 13.0. The van der Waals surface area contributed by atoms with Crippen LogP contribution < -0.4 is 5.73 Å². The van der Waals surface area contributed by atoms with E-state index in [0.29, 0.717) is 5.92 Å². The fourth-order valence-corrected chi connectivity index (χ4v) is 3.62. The van der Waals surface area contributed by atoms with E-state index in [1.165, 1.54) is 44.2 Å². The number of halogens is 1. The van der Waals surface area contributed by atoms with Crippen molar-refractivity contribution in [1.82, 2.24) is 0 Å². The van der Waals surface area contributed by atoms with Crippen LogP contribution in [0.25, 0.3) is 0 Å². The Balaban J connectivity index is 2.07. The summed E-state index contributed by atoms with van der Waals surface area (Å²) in [6.45, 7) is 6.67. The van der Waals surface area contributed by atoms with Gasteiger partial charge in [0.2, 0.25) is 0 Å². The molecule has 0 saturated heterocycles. The Labute approximate surface area is 122 Å². The molecule has 0 radical (unpaired) electrons. The van der Waals surface area contributed by atoms with Gasteiger partial charge in [-0.15, -0.1) is 0 Å². The summed E-state index contributed by atoms with van der Waals surface area (Å²) in [6.07, 6.45) is 6.40. The summed E-state index contributed by atoms with van der Waals surface area (Å²) < 4.78 is 13.1. The molecule has 0 amide bonds. The maximum atomic E-state index is 13.1. The summed E-state index contributed by atoms with van der Waals surface area (Å²) in [5.41, 5.74) is 7.63. The minimum atomic E-state index is -0.179. The van der Waals surface area contributed by atoms with E-state index in [1.807, 2.05) is 12.1 Å². The maximum Gasteiger partial charge on any atom is 0.123 e. The average Bonchev–Trinajstić information content (AvgIpc) is 2.47. The van der Waals surface area contributed by atoms with Crippen LogP contribution in [-0.2, 0) is 5.41 Å². The third-order valence-corrected chi connectivity index (χ3v) is 5.40. The zero-order chi connectivity index (χ0) is 14.8. The highest BCUT2D eigenvalue weighted by Crippen LogP contribution is 2.38. The van der Waals surface area contributed by atoms with Gasteiger partial charge in [0.1, 0.15) is 5.82 Å². The van der Waals surface area contributed by atoms with E-state index in [9.17, 15) is 4.39 Å². The van der Waals surface area contributed by atoms with Crippen molar-refractivity contribution in [1.29, 1.82) is 0 Å². The maximum absolute atomic E-state index is 13.1. The van der Waals surface area contributed by atoms with E-state index >= 15 is 0 Å². The highest BCUT2D eigenvalue weighted by Gasteiger charge is 2.35. The highest BCUT2D eigenvalue weighted by atomic mass is 19.1. The second kappa shape index (κ2) is 6.26. The summed E-state index contributed by atoms with van der Waals surface area (Å²) in [7, 11) is 0. The van der Waals surface area contributed by atoms with E-state index in [4.69, 9.17) is 5.73 Å². The lowest BCUT2D eigenvalue weighted by Gasteiger charge is -2.40. The van der Waals surface area contributed by atoms with Crippen molar-refractivity contribution >= 4 is 0 Å². The van der Waals surface area contributed by atoms with Crippen LogP contribution in [0.5, 0.6) is 0 Å². The highest BCUT2D eigenvalue weighted by molar-refractivity contribution is 5.26. The first-order valence-electron chi connectivity index (χ1n) is 7.96. The van der Waals surface area contributed by atoms with Gasteiger partial charge in [-0.05, 0) is 42.4 Å². The minimum Gasteiger partial charge on any atom is -0.327 e. The molecule has 2 heteroatoms. The molecule has 0 spiro atoms. The standard InChI is InChI=1S/C18H28FN/c1-4-13-5-7-14(8-6-13)17(20)18(2,3)15-9-11-16(19)12-10-15/h9-14,17H,4-8,20H2,1-3H3. The summed E-state index contributed by atoms with van der Waals surface area (Å²) in [5, 5.41) is 0. The molecule has 1 nitrogen and oxygen atoms in total. The molecule has 1 aromatic carbocycles. The van der Waals surface area contributed by atoms with Crippen molar-refractivity contribution in [2.75, 3.05) is 0 Å². The fourth-order valence-electron chi connectivity index (χ4n) is 3.62. The molecule has 0 heterocycles. The number of hydrogen-bond donors (Lipinski definition) is 1. The van der Waals surface area contributed by atoms with Crippen LogP contribution >= 0.6 is 0 Å². The van der Waals surface area contributed by atoms with E-state index < -0.39 is 0 Å². The largest absolute Gasteiger partial charge is 0.327 e. The van der Waals surface area contributed by atoms with Gasteiger partial charge in [-0.1, -0.05) is 52.2 Å². The van der Waals surface area contributed by atoms with Gasteiger partial charge in [-0.2, -0.15) is 0 Å². The first-order chi connectivity index (χ1) is 9.45. The topological polar surface area (TPSA) is 26.0 Å². The molecule has 20 heavy (non-hydrogen) atoms. The van der Waals surface area contributed by atoms with Crippen LogP contribution in [0, 0.1) is 17.7 Å². The molecule has 1 atom stereocenters. The molecule has 1 aliphatic carbocycles. The van der Waals surface area contributed by atoms with Gasteiger partial charge in [0.15, 0.2) is 0 Å². The van der Waals surface area contributed by atoms with Gasteiger partial charge in [0, 0.05) is 11.5 Å². The average molecular weight is 277 g/mol. The lowest BCUT2D eigenvalue weighted by molar-refractivity contribution is 0.196. The molecule has 2 N–H and O–H groups in total. The van der Waals surface area contributed by atoms with Crippen LogP contribution in [-0.4, -0.2) is 6.04 Å². The Bertz CT molecular complexity index is 416. The third-order valence-electron chi connectivity index (χ3n) is 5.40. The molecule has 1 aliphatic rings. The SMILES string of the molecule is CCC1CCC(C(N)C(C)(C)c2ccc(F)cc2)CC1. The number of benzene rings is 1. The monoisotopic (exact) mass is 277 g/mol. The Morgan fingerprint density at radius 3 is 2.20 bits per heavy atom. The lowest BCUT2D eigenvalue weighted by atomic mass is 9.67. The predicted octanol–water partition coefficient (Wildman–Crippen LogP) is 4.65. The molecule has 1 saturated carbocycles. The molecule has 0 aliphatic heterocycles. The third kappa shape index (κ3) is 3.22. The van der Waals surface area contributed by atoms with Crippen molar-refractivity contribution < 1.29 is 4.39 Å². The molecule has 1 unspecified atom stereocenters. The zero-order valence-corrected chi connectivity index (χ0v) is 13.0. The predicted molar refractivity (Wildman–Crippen MR) is 83.1 cm³/mol. The molecule has 0 bridgehead atoms. The second-order valence-electron chi connectivity index (χ2n) is 6.94. The Kier molecular flexibility index (Phi) is 4.85. The van der Waals surface area contributed by atoms with Crippen LogP contribution in [0.4, 0.5) is 4.39 Å². The van der Waals surface area contributed by atoms with E-state index in [1.54, 1.807) is 0 Å². The molecule has 1 fully saturated rings. The smallest absolute Gasteiger partial charge is 0.123 e. The van der Waals surface area contributed by atoms with Gasteiger partial charge < -0.3 is 5.73 Å². The molecular formula is C18H28FN. The van der Waals surface area contributed by atoms with Gasteiger partial charge in [0.25, 0.3) is 0 Å². The van der Waals surface area contributed by atoms with Crippen LogP contribution in [0.1, 0.15) is 58.4 Å². The summed E-state index contributed by atoms with van der Waals surface area (Å²) in [6, 6.07) is 6.99. The van der Waals surface area contributed by atoms with Crippen LogP contribution in [0.2, 0.25) is 0 Å². The first-order valence-corrected chi connectivity index (χ1v) is 7.96. The van der Waals surface area contributed by atoms with Crippen molar-refractivity contribution in [3.8, 4) is 0 Å². The number of rotatable bonds is 4. The molecular weight excluding hydrogens is 249 g/mol. The fraction of sp³-hybridized carbons (Fsp3) is 0.667. The Hall–Kier alpha value is -0.890. The van der Waals surface area contributed by atoms with Crippen LogP contribution in [0.15, 0.2) is 24.3 Å². The summed E-state index contributed by atoms with van der Waals surface area (Å²) >= 11 is 0. The van der Waals surface area contributed by atoms with E-state index in [2.05, 4.69) is 20.8 Å². The van der Waals surface area contributed by atoms with E-state index in [-0.39, 0.29) is 17.3 Å². The normalized spacial score (nSPS) is 25.4. The van der Waals surface area contributed by atoms with E-state index in [0.717, 1.165) is 11.5 Å². The molecule has 2 rings (SSSR count). The Morgan fingerprint density at radius 1 is 1.15 bits per heavy atom. The minimum absolute atomic E-state index is 0.0998. The first kappa shape index (κ1) is 15.5. The number of hydrogen-bond acceptors (Lipinski definition) is 1. The molecule has 1 aromatic rings. The van der Waals surface area contributed by atoms with Gasteiger partial charge in [0.05, 0.1) is 0 Å². The quantitative estimate of drug-likeness (QED) is 0.852. The van der Waals surface area contributed by atoms with Crippen LogP contribution in [0.3, 0.4) is 0 Å². The van der Waals surface area contributed by atoms with Crippen molar-refractivity contribution in [2.24, 2.45) is 17.6 Å². The van der Waals surface area contributed by atoms with Crippen molar-refractivity contribution in [3.63, 3.8) is 0 Å². The van der Waals surface area contributed by atoms with Crippen molar-refractivity contribution in [2.45, 2.75) is 64.3 Å².